The molecule has 0 aliphatic carbocycles. The molecule has 0 saturated heterocycles. The summed E-state index contributed by atoms with van der Waals surface area (Å²) in [6.45, 7) is 6.44. The molecule has 1 aromatic carbocycles. The van der Waals surface area contributed by atoms with Gasteiger partial charge in [-0.05, 0) is 31.9 Å². The Labute approximate surface area is 92.3 Å². The number of aryl methyl sites for hydroxylation is 1. The van der Waals surface area contributed by atoms with Crippen LogP contribution in [0.2, 0.25) is 0 Å². The van der Waals surface area contributed by atoms with Crippen LogP contribution < -0.4 is 5.32 Å². The van der Waals surface area contributed by atoms with Crippen LogP contribution in [0.4, 0.5) is 5.69 Å². The first-order valence-electron chi connectivity index (χ1n) is 5.61. The molecule has 2 heteroatoms. The number of aliphatic hydroxyl groups is 1. The average molecular weight is 207 g/mol. The van der Waals surface area contributed by atoms with Gasteiger partial charge in [0.25, 0.3) is 0 Å². The lowest BCUT2D eigenvalue weighted by Gasteiger charge is -2.32. The molecule has 0 aromatic heterocycles. The number of anilines is 1. The molecule has 2 N–H and O–H groups in total. The van der Waals surface area contributed by atoms with Gasteiger partial charge in [-0.15, -0.1) is 0 Å². The van der Waals surface area contributed by atoms with Gasteiger partial charge in [-0.3, -0.25) is 0 Å². The summed E-state index contributed by atoms with van der Waals surface area (Å²) in [5, 5.41) is 12.8. The molecule has 0 aliphatic rings. The van der Waals surface area contributed by atoms with Crippen LogP contribution >= 0.6 is 0 Å². The van der Waals surface area contributed by atoms with Crippen molar-refractivity contribution >= 4 is 5.69 Å². The van der Waals surface area contributed by atoms with E-state index >= 15 is 0 Å². The second-order valence-corrected chi connectivity index (χ2v) is 4.14. The molecular weight excluding hydrogens is 186 g/mol. The van der Waals surface area contributed by atoms with Crippen molar-refractivity contribution < 1.29 is 5.11 Å². The third kappa shape index (κ3) is 2.96. The van der Waals surface area contributed by atoms with Crippen LogP contribution in [0.25, 0.3) is 0 Å². The van der Waals surface area contributed by atoms with E-state index in [4.69, 9.17) is 0 Å². The highest BCUT2D eigenvalue weighted by molar-refractivity contribution is 5.46. The van der Waals surface area contributed by atoms with Gasteiger partial charge in [0, 0.05) is 5.69 Å². The molecule has 1 aromatic rings. The smallest absolute Gasteiger partial charge is 0.0661 e. The van der Waals surface area contributed by atoms with Crippen LogP contribution in [0, 0.1) is 6.92 Å². The monoisotopic (exact) mass is 207 g/mol. The van der Waals surface area contributed by atoms with E-state index in [0.717, 1.165) is 18.5 Å². The van der Waals surface area contributed by atoms with Gasteiger partial charge in [-0.2, -0.15) is 0 Å². The standard InChI is InChI=1S/C13H21NO/c1-4-13(5-2,10-15)14-12-8-6-11(3)7-9-12/h6-9,14-15H,4-5,10H2,1-3H3. The maximum absolute atomic E-state index is 9.43. The van der Waals surface area contributed by atoms with Crippen LogP contribution in [-0.4, -0.2) is 17.3 Å². The molecule has 1 rings (SSSR count). The first-order chi connectivity index (χ1) is 7.15. The number of aliphatic hydroxyl groups excluding tert-OH is 1. The van der Waals surface area contributed by atoms with Crippen molar-refractivity contribution in [3.05, 3.63) is 29.8 Å². The van der Waals surface area contributed by atoms with E-state index in [1.165, 1.54) is 5.56 Å². The zero-order chi connectivity index (χ0) is 11.3. The van der Waals surface area contributed by atoms with Crippen molar-refractivity contribution in [2.75, 3.05) is 11.9 Å². The minimum Gasteiger partial charge on any atom is -0.394 e. The predicted octanol–water partition coefficient (Wildman–Crippen LogP) is 2.96. The molecule has 0 atom stereocenters. The molecule has 2 nitrogen and oxygen atoms in total. The number of nitrogens with one attached hydrogen (secondary N) is 1. The topological polar surface area (TPSA) is 32.3 Å². The fourth-order valence-corrected chi connectivity index (χ4v) is 1.63. The Morgan fingerprint density at radius 1 is 1.13 bits per heavy atom. The third-order valence-electron chi connectivity index (χ3n) is 3.12. The first-order valence-corrected chi connectivity index (χ1v) is 5.61. The summed E-state index contributed by atoms with van der Waals surface area (Å²) in [4.78, 5) is 0. The minimum atomic E-state index is -0.171. The molecule has 0 radical (unpaired) electrons. The summed E-state index contributed by atoms with van der Waals surface area (Å²) in [5.74, 6) is 0. The fourth-order valence-electron chi connectivity index (χ4n) is 1.63. The van der Waals surface area contributed by atoms with Crippen LogP contribution in [0.15, 0.2) is 24.3 Å². The van der Waals surface area contributed by atoms with E-state index in [0.29, 0.717) is 0 Å². The lowest BCUT2D eigenvalue weighted by molar-refractivity contribution is 0.202. The molecule has 0 fully saturated rings. The van der Waals surface area contributed by atoms with Gasteiger partial charge in [-0.1, -0.05) is 31.5 Å². The van der Waals surface area contributed by atoms with Crippen molar-refractivity contribution in [1.29, 1.82) is 0 Å². The maximum atomic E-state index is 9.43. The van der Waals surface area contributed by atoms with E-state index in [1.54, 1.807) is 0 Å². The van der Waals surface area contributed by atoms with Crippen LogP contribution in [-0.2, 0) is 0 Å². The van der Waals surface area contributed by atoms with Gasteiger partial charge in [0.2, 0.25) is 0 Å². The number of rotatable bonds is 5. The second-order valence-electron chi connectivity index (χ2n) is 4.14. The van der Waals surface area contributed by atoms with E-state index in [2.05, 4.69) is 50.4 Å². The van der Waals surface area contributed by atoms with Crippen molar-refractivity contribution in [3.63, 3.8) is 0 Å². The Morgan fingerprint density at radius 3 is 2.07 bits per heavy atom. The molecule has 0 amide bonds. The highest BCUT2D eigenvalue weighted by atomic mass is 16.3. The predicted molar refractivity (Wildman–Crippen MR) is 65.2 cm³/mol. The zero-order valence-electron chi connectivity index (χ0n) is 9.88. The van der Waals surface area contributed by atoms with Crippen molar-refractivity contribution in [2.45, 2.75) is 39.2 Å². The zero-order valence-corrected chi connectivity index (χ0v) is 9.88. The Bertz CT molecular complexity index is 280. The van der Waals surface area contributed by atoms with E-state index in [1.807, 2.05) is 0 Å². The Balaban J connectivity index is 2.78. The van der Waals surface area contributed by atoms with E-state index in [-0.39, 0.29) is 12.1 Å². The summed E-state index contributed by atoms with van der Waals surface area (Å²) in [5.41, 5.74) is 2.16. The normalized spacial score (nSPS) is 11.5. The minimum absolute atomic E-state index is 0.171. The molecule has 15 heavy (non-hydrogen) atoms. The van der Waals surface area contributed by atoms with Gasteiger partial charge in [0.1, 0.15) is 0 Å². The molecule has 0 unspecified atom stereocenters. The van der Waals surface area contributed by atoms with Crippen LogP contribution in [0.1, 0.15) is 32.3 Å². The van der Waals surface area contributed by atoms with Crippen molar-refractivity contribution in [1.82, 2.24) is 0 Å². The Morgan fingerprint density at radius 2 is 1.67 bits per heavy atom. The van der Waals surface area contributed by atoms with E-state index < -0.39 is 0 Å². The fraction of sp³-hybridized carbons (Fsp3) is 0.538. The largest absolute Gasteiger partial charge is 0.394 e. The lowest BCUT2D eigenvalue weighted by atomic mass is 9.93. The molecule has 84 valence electrons. The van der Waals surface area contributed by atoms with Gasteiger partial charge in [0.15, 0.2) is 0 Å². The molecule has 0 bridgehead atoms. The average Bonchev–Trinajstić information content (AvgIpc) is 2.29. The Hall–Kier alpha value is -1.02. The van der Waals surface area contributed by atoms with Crippen molar-refractivity contribution in [3.8, 4) is 0 Å². The molecule has 0 aliphatic heterocycles. The maximum Gasteiger partial charge on any atom is 0.0661 e. The SMILES string of the molecule is CCC(CC)(CO)Nc1ccc(C)cc1. The second kappa shape index (κ2) is 5.17. The third-order valence-corrected chi connectivity index (χ3v) is 3.12. The number of benzene rings is 1. The Kier molecular flexibility index (Phi) is 4.15. The first kappa shape index (κ1) is 12.1. The van der Waals surface area contributed by atoms with Gasteiger partial charge in [0.05, 0.1) is 12.1 Å². The highest BCUT2D eigenvalue weighted by Gasteiger charge is 2.24. The van der Waals surface area contributed by atoms with E-state index in [9.17, 15) is 5.11 Å². The van der Waals surface area contributed by atoms with Gasteiger partial charge in [-0.25, -0.2) is 0 Å². The summed E-state index contributed by atoms with van der Waals surface area (Å²) < 4.78 is 0. The molecule has 0 heterocycles. The van der Waals surface area contributed by atoms with Crippen LogP contribution in [0.3, 0.4) is 0 Å². The quantitative estimate of drug-likeness (QED) is 0.778. The number of hydrogen-bond acceptors (Lipinski definition) is 2. The molecular formula is C13H21NO. The highest BCUT2D eigenvalue weighted by Crippen LogP contribution is 2.21. The summed E-state index contributed by atoms with van der Waals surface area (Å²) in [6, 6.07) is 8.28. The summed E-state index contributed by atoms with van der Waals surface area (Å²) >= 11 is 0. The van der Waals surface area contributed by atoms with Gasteiger partial charge >= 0.3 is 0 Å². The lowest BCUT2D eigenvalue weighted by Crippen LogP contribution is -2.40. The molecule has 0 saturated carbocycles. The van der Waals surface area contributed by atoms with Crippen molar-refractivity contribution in [2.24, 2.45) is 0 Å². The van der Waals surface area contributed by atoms with Gasteiger partial charge < -0.3 is 10.4 Å². The summed E-state index contributed by atoms with van der Waals surface area (Å²) in [6.07, 6.45) is 1.85. The van der Waals surface area contributed by atoms with Crippen LogP contribution in [0.5, 0.6) is 0 Å². The number of hydrogen-bond donors (Lipinski definition) is 2. The summed E-state index contributed by atoms with van der Waals surface area (Å²) in [7, 11) is 0. The molecule has 0 spiro atoms.